The fraction of sp³-hybridized carbons (Fsp3) is 0.636. The Morgan fingerprint density at radius 2 is 1.14 bits per heavy atom. The Bertz CT molecular complexity index is 390. The average molecular weight is 321 g/mol. The van der Waals surface area contributed by atoms with Gasteiger partial charge in [0.2, 0.25) is 5.96 Å². The molecule has 22 heavy (non-hydrogen) atoms. The second kappa shape index (κ2) is 10.9. The largest absolute Gasteiger partial charge is 0.376 e. The van der Waals surface area contributed by atoms with E-state index in [1.54, 1.807) is 0 Å². The molecule has 0 radical (unpaired) electrons. The minimum Gasteiger partial charge on any atom is -0.376 e. The highest BCUT2D eigenvalue weighted by atomic mass is 16.3. The van der Waals surface area contributed by atoms with Crippen molar-refractivity contribution in [2.45, 2.75) is 6.92 Å². The summed E-state index contributed by atoms with van der Waals surface area (Å²) in [5.74, 6) is -0.0997. The zero-order valence-corrected chi connectivity index (χ0v) is 12.4. The maximum absolute atomic E-state index is 9.19. The zero-order valence-electron chi connectivity index (χ0n) is 12.4. The summed E-state index contributed by atoms with van der Waals surface area (Å²) in [4.78, 5) is 10.9. The predicted octanol–water partition coefficient (Wildman–Crippen LogP) is -3.16. The summed E-state index contributed by atoms with van der Waals surface area (Å²) in [7, 11) is 0. The topological polar surface area (TPSA) is 156 Å². The fourth-order valence-corrected chi connectivity index (χ4v) is 1.20. The number of hydrogen-bond acceptors (Lipinski definition) is 8. The molecule has 0 aromatic heterocycles. The Balaban J connectivity index is 5.55. The monoisotopic (exact) mass is 321 g/mol. The highest BCUT2D eigenvalue weighted by molar-refractivity contribution is 5.95. The van der Waals surface area contributed by atoms with Crippen LogP contribution >= 0.6 is 0 Å². The number of aliphatic hydroxyl groups excluding tert-OH is 6. The molecule has 0 amide bonds. The van der Waals surface area contributed by atoms with Gasteiger partial charge in [-0.05, 0) is 6.92 Å². The number of aliphatic imine (C=N–C) groups is 2. The van der Waals surface area contributed by atoms with Gasteiger partial charge in [-0.2, -0.15) is 9.98 Å². The van der Waals surface area contributed by atoms with E-state index >= 15 is 0 Å². The lowest BCUT2D eigenvalue weighted by Gasteiger charge is -2.24. The minimum atomic E-state index is -0.615. The van der Waals surface area contributed by atoms with E-state index < -0.39 is 40.4 Å². The number of nitrogens with zero attached hydrogens (tertiary/aromatic N) is 5. The van der Waals surface area contributed by atoms with Crippen LogP contribution < -0.4 is 0 Å². The Labute approximate surface area is 128 Å². The first-order chi connectivity index (χ1) is 10.5. The third kappa shape index (κ3) is 5.93. The van der Waals surface area contributed by atoms with Gasteiger partial charge in [0.1, 0.15) is 52.0 Å². The predicted molar refractivity (Wildman–Crippen MR) is 77.7 cm³/mol. The molecule has 0 fully saturated rings. The van der Waals surface area contributed by atoms with Crippen molar-refractivity contribution in [1.82, 2.24) is 14.7 Å². The quantitative estimate of drug-likeness (QED) is 0.154. The molecule has 0 aliphatic carbocycles. The molecule has 11 nitrogen and oxygen atoms in total. The molecular formula is C11H23N5O6. The summed E-state index contributed by atoms with van der Waals surface area (Å²) in [6.45, 7) is 1.66. The number of guanidine groups is 1. The average Bonchev–Trinajstić information content (AvgIpc) is 2.50. The zero-order chi connectivity index (χ0) is 17.1. The molecule has 0 aliphatic rings. The van der Waals surface area contributed by atoms with Crippen molar-refractivity contribution in [2.75, 3.05) is 40.4 Å². The number of hydrogen-bond donors (Lipinski definition) is 6. The van der Waals surface area contributed by atoms with Crippen molar-refractivity contribution in [3.05, 3.63) is 12.4 Å². The van der Waals surface area contributed by atoms with E-state index in [1.807, 2.05) is 0 Å². The molecule has 0 heterocycles. The van der Waals surface area contributed by atoms with Gasteiger partial charge in [0.25, 0.3) is 0 Å². The van der Waals surface area contributed by atoms with E-state index in [4.69, 9.17) is 20.4 Å². The highest BCUT2D eigenvalue weighted by Gasteiger charge is 2.13. The molecule has 0 atom stereocenters. The van der Waals surface area contributed by atoms with Crippen LogP contribution in [0.5, 0.6) is 0 Å². The molecule has 11 heteroatoms. The van der Waals surface area contributed by atoms with Crippen molar-refractivity contribution in [1.29, 1.82) is 0 Å². The molecule has 0 saturated carbocycles. The van der Waals surface area contributed by atoms with Gasteiger partial charge in [-0.1, -0.05) is 6.58 Å². The summed E-state index contributed by atoms with van der Waals surface area (Å²) in [6, 6.07) is 0. The van der Waals surface area contributed by atoms with E-state index in [0.29, 0.717) is 0 Å². The van der Waals surface area contributed by atoms with Gasteiger partial charge >= 0.3 is 0 Å². The Hall–Kier alpha value is -1.76. The van der Waals surface area contributed by atoms with Crippen molar-refractivity contribution in [2.24, 2.45) is 9.98 Å². The standard InChI is InChI=1S/C11H23N5O6/c1-9(14(3-17)4-18)12-11(16(7-21)8-22)13-10(2)15(5-19)6-20/h17-22H,1,3-8H2,2H3/b12-11+,13-10+. The molecule has 0 rings (SSSR count). The summed E-state index contributed by atoms with van der Waals surface area (Å²) >= 11 is 0. The molecule has 0 spiro atoms. The summed E-state index contributed by atoms with van der Waals surface area (Å²) < 4.78 is 0. The van der Waals surface area contributed by atoms with Crippen LogP contribution in [0.25, 0.3) is 0 Å². The van der Waals surface area contributed by atoms with E-state index in [9.17, 15) is 10.2 Å². The molecule has 0 aromatic carbocycles. The van der Waals surface area contributed by atoms with Crippen LogP contribution in [0, 0.1) is 0 Å². The first kappa shape index (κ1) is 20.2. The number of aliphatic hydroxyl groups is 6. The number of rotatable bonds is 8. The molecule has 0 aliphatic heterocycles. The van der Waals surface area contributed by atoms with Crippen molar-refractivity contribution in [3.8, 4) is 0 Å². The van der Waals surface area contributed by atoms with Gasteiger partial charge in [-0.15, -0.1) is 0 Å². The van der Waals surface area contributed by atoms with Gasteiger partial charge in [-0.25, -0.2) is 0 Å². The van der Waals surface area contributed by atoms with Crippen LogP contribution in [0.15, 0.2) is 22.4 Å². The summed E-state index contributed by atoms with van der Waals surface area (Å²) in [5.41, 5.74) is 0. The molecule has 0 aromatic rings. The Kier molecular flexibility index (Phi) is 10.0. The van der Waals surface area contributed by atoms with Crippen LogP contribution in [0.3, 0.4) is 0 Å². The van der Waals surface area contributed by atoms with Crippen molar-refractivity contribution >= 4 is 11.8 Å². The maximum atomic E-state index is 9.19. The fourth-order valence-electron chi connectivity index (χ4n) is 1.20. The second-order valence-corrected chi connectivity index (χ2v) is 3.96. The second-order valence-electron chi connectivity index (χ2n) is 3.96. The SMILES string of the molecule is C=C(/N=C(\N=C(/C)N(CO)CO)N(CO)CO)N(CO)CO. The molecule has 0 unspecified atom stereocenters. The molecule has 6 N–H and O–H groups in total. The van der Waals surface area contributed by atoms with Crippen LogP contribution in [0.4, 0.5) is 0 Å². The Morgan fingerprint density at radius 3 is 1.50 bits per heavy atom. The van der Waals surface area contributed by atoms with Crippen LogP contribution in [0.1, 0.15) is 6.92 Å². The lowest BCUT2D eigenvalue weighted by Crippen LogP contribution is -2.37. The van der Waals surface area contributed by atoms with E-state index in [2.05, 4.69) is 16.6 Å². The smallest absolute Gasteiger partial charge is 0.232 e. The lowest BCUT2D eigenvalue weighted by molar-refractivity contribution is 0.0561. The summed E-state index contributed by atoms with van der Waals surface area (Å²) in [6.07, 6.45) is 0. The normalized spacial score (nSPS) is 12.3. The van der Waals surface area contributed by atoms with E-state index in [0.717, 1.165) is 14.7 Å². The highest BCUT2D eigenvalue weighted by Crippen LogP contribution is 2.05. The summed E-state index contributed by atoms with van der Waals surface area (Å²) in [5, 5.41) is 54.5. The first-order valence-corrected chi connectivity index (χ1v) is 6.21. The third-order valence-corrected chi connectivity index (χ3v) is 2.62. The van der Waals surface area contributed by atoms with Gasteiger partial charge in [0.05, 0.1) is 0 Å². The first-order valence-electron chi connectivity index (χ1n) is 6.21. The third-order valence-electron chi connectivity index (χ3n) is 2.62. The van der Waals surface area contributed by atoms with Gasteiger partial charge in [0.15, 0.2) is 0 Å². The van der Waals surface area contributed by atoms with E-state index in [-0.39, 0.29) is 17.6 Å². The van der Waals surface area contributed by atoms with Crippen LogP contribution in [0.2, 0.25) is 0 Å². The number of amidine groups is 1. The van der Waals surface area contributed by atoms with Gasteiger partial charge in [-0.3, -0.25) is 4.90 Å². The van der Waals surface area contributed by atoms with Crippen molar-refractivity contribution in [3.63, 3.8) is 0 Å². The van der Waals surface area contributed by atoms with Crippen LogP contribution in [-0.2, 0) is 0 Å². The molecule has 0 saturated heterocycles. The maximum Gasteiger partial charge on any atom is 0.232 e. The molecule has 128 valence electrons. The Morgan fingerprint density at radius 1 is 0.727 bits per heavy atom. The minimum absolute atomic E-state index is 0.0667. The van der Waals surface area contributed by atoms with Crippen LogP contribution in [-0.4, -0.2) is 97.5 Å². The molecular weight excluding hydrogens is 298 g/mol. The van der Waals surface area contributed by atoms with E-state index in [1.165, 1.54) is 6.92 Å². The lowest BCUT2D eigenvalue weighted by atomic mass is 10.5. The van der Waals surface area contributed by atoms with Gasteiger partial charge in [0, 0.05) is 0 Å². The van der Waals surface area contributed by atoms with Crippen molar-refractivity contribution < 1.29 is 30.6 Å². The van der Waals surface area contributed by atoms with Gasteiger partial charge < -0.3 is 40.4 Å². The molecule has 0 bridgehead atoms.